The van der Waals surface area contributed by atoms with Gasteiger partial charge in [-0.25, -0.2) is 0 Å². The van der Waals surface area contributed by atoms with E-state index in [2.05, 4.69) is 35.4 Å². The summed E-state index contributed by atoms with van der Waals surface area (Å²) < 4.78 is 6.06. The molecule has 1 N–H and O–H groups in total. The fourth-order valence-electron chi connectivity index (χ4n) is 2.36. The highest BCUT2D eigenvalue weighted by atomic mass is 16.5. The van der Waals surface area contributed by atoms with E-state index in [1.54, 1.807) is 0 Å². The fraction of sp³-hybridized carbons (Fsp3) is 0.533. The molecule has 3 heteroatoms. The Morgan fingerprint density at radius 2 is 2.22 bits per heavy atom. The summed E-state index contributed by atoms with van der Waals surface area (Å²) in [6, 6.07) is 8.40. The number of para-hydroxylation sites is 1. The molecule has 1 aromatic rings. The summed E-state index contributed by atoms with van der Waals surface area (Å²) >= 11 is 0. The smallest absolute Gasteiger partial charge is 0.152 e. The fourth-order valence-corrected chi connectivity index (χ4v) is 2.36. The van der Waals surface area contributed by atoms with Crippen molar-refractivity contribution < 1.29 is 4.74 Å². The number of rotatable bonds is 5. The summed E-state index contributed by atoms with van der Waals surface area (Å²) in [4.78, 5) is 4.42. The Balaban J connectivity index is 1.70. The summed E-state index contributed by atoms with van der Waals surface area (Å²) in [5.41, 5.74) is 1.34. The Morgan fingerprint density at radius 3 is 2.94 bits per heavy atom. The van der Waals surface area contributed by atoms with E-state index in [9.17, 15) is 0 Å². The third-order valence-electron chi connectivity index (χ3n) is 3.57. The Kier molecular flexibility index (Phi) is 3.22. The van der Waals surface area contributed by atoms with Gasteiger partial charge < -0.3 is 10.1 Å². The van der Waals surface area contributed by atoms with Crippen LogP contribution in [0.25, 0.3) is 0 Å². The van der Waals surface area contributed by atoms with Gasteiger partial charge >= 0.3 is 0 Å². The van der Waals surface area contributed by atoms with E-state index in [0.717, 1.165) is 37.0 Å². The lowest BCUT2D eigenvalue weighted by Gasteiger charge is -2.17. The molecule has 3 nitrogen and oxygen atoms in total. The highest BCUT2D eigenvalue weighted by Crippen LogP contribution is 2.35. The van der Waals surface area contributed by atoms with Crippen LogP contribution in [0, 0.1) is 5.92 Å². The second-order valence-corrected chi connectivity index (χ2v) is 5.21. The molecule has 1 saturated carbocycles. The molecule has 1 fully saturated rings. The summed E-state index contributed by atoms with van der Waals surface area (Å²) in [7, 11) is 0. The lowest BCUT2D eigenvalue weighted by molar-refractivity contribution is 0.280. The van der Waals surface area contributed by atoms with E-state index in [0.29, 0.717) is 0 Å². The molecule has 1 aliphatic heterocycles. The van der Waals surface area contributed by atoms with Crippen molar-refractivity contribution in [2.75, 3.05) is 13.1 Å². The summed E-state index contributed by atoms with van der Waals surface area (Å²) in [6.45, 7) is 3.87. The minimum atomic E-state index is 0.0212. The topological polar surface area (TPSA) is 33.6 Å². The number of benzene rings is 1. The van der Waals surface area contributed by atoms with Gasteiger partial charge in [0.05, 0.1) is 6.54 Å². The van der Waals surface area contributed by atoms with Crippen molar-refractivity contribution in [3.63, 3.8) is 0 Å². The molecule has 0 unspecified atom stereocenters. The van der Waals surface area contributed by atoms with Crippen LogP contribution in [0.5, 0.6) is 5.75 Å². The van der Waals surface area contributed by atoms with Crippen molar-refractivity contribution >= 4 is 5.84 Å². The highest BCUT2D eigenvalue weighted by molar-refractivity contribution is 5.87. The molecule has 1 atom stereocenters. The molecule has 18 heavy (non-hydrogen) atoms. The predicted octanol–water partition coefficient (Wildman–Crippen LogP) is 2.41. The van der Waals surface area contributed by atoms with Crippen LogP contribution in [0.1, 0.15) is 25.3 Å². The zero-order valence-corrected chi connectivity index (χ0v) is 10.9. The van der Waals surface area contributed by atoms with Crippen molar-refractivity contribution in [1.82, 2.24) is 5.32 Å². The van der Waals surface area contributed by atoms with E-state index in [-0.39, 0.29) is 6.10 Å². The maximum Gasteiger partial charge on any atom is 0.152 e. The normalized spacial score (nSPS) is 20.2. The van der Waals surface area contributed by atoms with Crippen molar-refractivity contribution in [2.45, 2.75) is 32.3 Å². The van der Waals surface area contributed by atoms with Crippen molar-refractivity contribution in [3.8, 4) is 5.75 Å². The molecule has 0 radical (unpaired) electrons. The molecule has 0 spiro atoms. The van der Waals surface area contributed by atoms with Crippen molar-refractivity contribution in [2.24, 2.45) is 10.9 Å². The Bertz CT molecular complexity index is 452. The Morgan fingerprint density at radius 1 is 1.39 bits per heavy atom. The first-order chi connectivity index (χ1) is 8.83. The van der Waals surface area contributed by atoms with Crippen LogP contribution in [0.2, 0.25) is 0 Å². The molecule has 0 amide bonds. The van der Waals surface area contributed by atoms with Crippen LogP contribution >= 0.6 is 0 Å². The highest BCUT2D eigenvalue weighted by Gasteiger charge is 2.24. The number of ether oxygens (including phenoxy) is 1. The van der Waals surface area contributed by atoms with E-state index >= 15 is 0 Å². The largest absolute Gasteiger partial charge is 0.483 e. The van der Waals surface area contributed by atoms with E-state index in [1.165, 1.54) is 18.4 Å². The molecule has 1 heterocycles. The molecule has 3 rings (SSSR count). The molecular weight excluding hydrogens is 224 g/mol. The number of hydrogen-bond donors (Lipinski definition) is 1. The van der Waals surface area contributed by atoms with Crippen molar-refractivity contribution in [3.05, 3.63) is 29.8 Å². The van der Waals surface area contributed by atoms with Gasteiger partial charge in [0.25, 0.3) is 0 Å². The first-order valence-electron chi connectivity index (χ1n) is 6.85. The van der Waals surface area contributed by atoms with Gasteiger partial charge in [0, 0.05) is 6.54 Å². The van der Waals surface area contributed by atoms with E-state index in [1.807, 2.05) is 6.07 Å². The maximum absolute atomic E-state index is 6.06. The summed E-state index contributed by atoms with van der Waals surface area (Å²) in [5.74, 6) is 2.89. The third kappa shape index (κ3) is 2.66. The van der Waals surface area contributed by atoms with Crippen molar-refractivity contribution in [1.29, 1.82) is 0 Å². The summed E-state index contributed by atoms with van der Waals surface area (Å²) in [6.07, 6.45) is 3.92. The van der Waals surface area contributed by atoms with Gasteiger partial charge in [0.2, 0.25) is 0 Å². The number of amidine groups is 1. The van der Waals surface area contributed by atoms with Gasteiger partial charge in [-0.05, 0) is 43.7 Å². The van der Waals surface area contributed by atoms with Crippen LogP contribution in [-0.4, -0.2) is 25.0 Å². The minimum absolute atomic E-state index is 0.0212. The van der Waals surface area contributed by atoms with E-state index in [4.69, 9.17) is 4.74 Å². The number of hydrogen-bond acceptors (Lipinski definition) is 3. The van der Waals surface area contributed by atoms with Gasteiger partial charge in [-0.15, -0.1) is 0 Å². The lowest BCUT2D eigenvalue weighted by atomic mass is 10.1. The third-order valence-corrected chi connectivity index (χ3v) is 3.57. The maximum atomic E-state index is 6.06. The quantitative estimate of drug-likeness (QED) is 0.863. The lowest BCUT2D eigenvalue weighted by Crippen LogP contribution is -2.33. The minimum Gasteiger partial charge on any atom is -0.483 e. The second-order valence-electron chi connectivity index (χ2n) is 5.21. The molecule has 96 valence electrons. The molecule has 0 aromatic heterocycles. The van der Waals surface area contributed by atoms with Crippen LogP contribution in [0.3, 0.4) is 0 Å². The Hall–Kier alpha value is -1.51. The van der Waals surface area contributed by atoms with E-state index < -0.39 is 0 Å². The zero-order chi connectivity index (χ0) is 12.4. The summed E-state index contributed by atoms with van der Waals surface area (Å²) in [5, 5.41) is 3.27. The van der Waals surface area contributed by atoms with Gasteiger partial charge in [-0.1, -0.05) is 18.2 Å². The SMILES string of the molecule is C[C@@H](Oc1ccccc1CC1CC1)C1=NCCN1. The molecule has 0 saturated heterocycles. The number of nitrogens with zero attached hydrogens (tertiary/aromatic N) is 1. The molecular formula is C15H20N2O. The average Bonchev–Trinajstić information content (AvgIpc) is 3.02. The predicted molar refractivity (Wildman–Crippen MR) is 73.3 cm³/mol. The van der Waals surface area contributed by atoms with Crippen LogP contribution in [0.15, 0.2) is 29.3 Å². The number of nitrogens with one attached hydrogen (secondary N) is 1. The molecule has 1 aromatic carbocycles. The first-order valence-corrected chi connectivity index (χ1v) is 6.85. The standard InChI is InChI=1S/C15H20N2O/c1-11(15-16-8-9-17-15)18-14-5-3-2-4-13(14)10-12-6-7-12/h2-5,11-12H,6-10H2,1H3,(H,16,17)/t11-/m1/s1. The first kappa shape index (κ1) is 11.6. The molecule has 1 aliphatic carbocycles. The van der Waals surface area contributed by atoms with Gasteiger partial charge in [0.15, 0.2) is 6.10 Å². The van der Waals surface area contributed by atoms with Crippen LogP contribution < -0.4 is 10.1 Å². The van der Waals surface area contributed by atoms with Crippen LogP contribution in [-0.2, 0) is 6.42 Å². The van der Waals surface area contributed by atoms with Crippen LogP contribution in [0.4, 0.5) is 0 Å². The molecule has 2 aliphatic rings. The monoisotopic (exact) mass is 244 g/mol. The number of aliphatic imine (C=N–C) groups is 1. The second kappa shape index (κ2) is 5.01. The van der Waals surface area contributed by atoms with Gasteiger partial charge in [-0.3, -0.25) is 4.99 Å². The average molecular weight is 244 g/mol. The molecule has 0 bridgehead atoms. The zero-order valence-electron chi connectivity index (χ0n) is 10.9. The Labute approximate surface area is 108 Å². The van der Waals surface area contributed by atoms with Gasteiger partial charge in [0.1, 0.15) is 11.6 Å². The van der Waals surface area contributed by atoms with Gasteiger partial charge in [-0.2, -0.15) is 0 Å².